The van der Waals surface area contributed by atoms with E-state index in [9.17, 15) is 19.1 Å². The van der Waals surface area contributed by atoms with Crippen molar-refractivity contribution in [1.82, 2.24) is 0 Å². The maximum Gasteiger partial charge on any atom is 0.317 e. The SMILES string of the molecule is CCCC(CC)(C(=O)OCC)P(=O)([O-])[O-]. The fourth-order valence-electron chi connectivity index (χ4n) is 1.54. The van der Waals surface area contributed by atoms with E-state index < -0.39 is 18.7 Å². The normalized spacial score (nSPS) is 15.8. The number of hydrogen-bond acceptors (Lipinski definition) is 5. The van der Waals surface area contributed by atoms with E-state index in [0.29, 0.717) is 6.42 Å². The minimum atomic E-state index is -4.98. The molecule has 0 bridgehead atoms. The van der Waals surface area contributed by atoms with Crippen molar-refractivity contribution in [3.05, 3.63) is 0 Å². The third kappa shape index (κ3) is 3.03. The molecule has 5 nitrogen and oxygen atoms in total. The van der Waals surface area contributed by atoms with Gasteiger partial charge in [0, 0.05) is 0 Å². The summed E-state index contributed by atoms with van der Waals surface area (Å²) in [6.07, 6.45) is 0.428. The van der Waals surface area contributed by atoms with Crippen molar-refractivity contribution in [2.45, 2.75) is 45.2 Å². The number of carbonyl (C=O) groups excluding carboxylic acids is 1. The second-order valence-corrected chi connectivity index (χ2v) is 5.20. The van der Waals surface area contributed by atoms with Gasteiger partial charge in [0.2, 0.25) is 0 Å². The van der Waals surface area contributed by atoms with Gasteiger partial charge in [0.05, 0.1) is 11.8 Å². The van der Waals surface area contributed by atoms with E-state index in [-0.39, 0.29) is 19.4 Å². The van der Waals surface area contributed by atoms with E-state index in [1.807, 2.05) is 0 Å². The molecule has 0 aliphatic heterocycles. The molecule has 1 unspecified atom stereocenters. The number of carbonyl (C=O) groups is 1. The lowest BCUT2D eigenvalue weighted by Crippen LogP contribution is -2.46. The average molecular weight is 236 g/mol. The van der Waals surface area contributed by atoms with Crippen LogP contribution in [-0.2, 0) is 14.1 Å². The van der Waals surface area contributed by atoms with Crippen LogP contribution in [0.1, 0.15) is 40.0 Å². The second-order valence-electron chi connectivity index (χ2n) is 3.35. The summed E-state index contributed by atoms with van der Waals surface area (Å²) in [6.45, 7) is 4.88. The van der Waals surface area contributed by atoms with Crippen molar-refractivity contribution in [3.63, 3.8) is 0 Å². The largest absolute Gasteiger partial charge is 0.810 e. The van der Waals surface area contributed by atoms with Gasteiger partial charge in [-0.2, -0.15) is 0 Å². The van der Waals surface area contributed by atoms with E-state index in [2.05, 4.69) is 4.74 Å². The topological polar surface area (TPSA) is 89.5 Å². The summed E-state index contributed by atoms with van der Waals surface area (Å²) < 4.78 is 15.8. The van der Waals surface area contributed by atoms with E-state index >= 15 is 0 Å². The molecule has 0 rings (SSSR count). The van der Waals surface area contributed by atoms with Gasteiger partial charge in [0.25, 0.3) is 0 Å². The van der Waals surface area contributed by atoms with E-state index in [1.54, 1.807) is 13.8 Å². The van der Waals surface area contributed by atoms with Crippen LogP contribution < -0.4 is 9.79 Å². The number of esters is 1. The van der Waals surface area contributed by atoms with Crippen LogP contribution in [-0.4, -0.2) is 17.7 Å². The molecule has 0 N–H and O–H groups in total. The summed E-state index contributed by atoms with van der Waals surface area (Å²) in [6, 6.07) is 0. The first-order valence-electron chi connectivity index (χ1n) is 5.05. The quantitative estimate of drug-likeness (QED) is 0.492. The molecule has 0 spiro atoms. The third-order valence-corrected chi connectivity index (χ3v) is 4.20. The average Bonchev–Trinajstić information content (AvgIpc) is 2.12. The Hall–Kier alpha value is -0.380. The highest BCUT2D eigenvalue weighted by molar-refractivity contribution is 7.51. The van der Waals surface area contributed by atoms with Crippen molar-refractivity contribution in [2.75, 3.05) is 6.61 Å². The van der Waals surface area contributed by atoms with Gasteiger partial charge in [-0.3, -0.25) is 4.79 Å². The summed E-state index contributed by atoms with van der Waals surface area (Å²) >= 11 is 0. The lowest BCUT2D eigenvalue weighted by Gasteiger charge is -2.47. The molecule has 1 atom stereocenters. The molecule has 0 saturated carbocycles. The minimum Gasteiger partial charge on any atom is -0.810 e. The van der Waals surface area contributed by atoms with Crippen LogP contribution in [0.25, 0.3) is 0 Å². The van der Waals surface area contributed by atoms with Crippen LogP contribution in [0.4, 0.5) is 0 Å². The Kier molecular flexibility index (Phi) is 5.49. The molecular weight excluding hydrogens is 219 g/mol. The lowest BCUT2D eigenvalue weighted by molar-refractivity contribution is -0.320. The molecule has 90 valence electrons. The van der Waals surface area contributed by atoms with Gasteiger partial charge in [-0.05, 0) is 27.4 Å². The Morgan fingerprint density at radius 3 is 2.13 bits per heavy atom. The maximum absolute atomic E-state index is 11.5. The molecule has 15 heavy (non-hydrogen) atoms. The van der Waals surface area contributed by atoms with Crippen molar-refractivity contribution < 1.29 is 23.9 Å². The fourth-order valence-corrected chi connectivity index (χ4v) is 2.72. The van der Waals surface area contributed by atoms with Gasteiger partial charge >= 0.3 is 5.97 Å². The smallest absolute Gasteiger partial charge is 0.317 e. The van der Waals surface area contributed by atoms with Crippen LogP contribution in [0, 0.1) is 0 Å². The zero-order valence-electron chi connectivity index (χ0n) is 9.32. The first kappa shape index (κ1) is 14.6. The number of rotatable bonds is 6. The first-order chi connectivity index (χ1) is 6.85. The van der Waals surface area contributed by atoms with Gasteiger partial charge in [0.1, 0.15) is 0 Å². The van der Waals surface area contributed by atoms with Crippen LogP contribution >= 0.6 is 7.60 Å². The predicted molar refractivity (Wildman–Crippen MR) is 52.2 cm³/mol. The molecule has 0 aromatic heterocycles. The molecule has 0 aliphatic carbocycles. The number of ether oxygens (including phenoxy) is 1. The molecule has 6 heteroatoms. The third-order valence-electron chi connectivity index (χ3n) is 2.43. The monoisotopic (exact) mass is 236 g/mol. The van der Waals surface area contributed by atoms with E-state index in [4.69, 9.17) is 0 Å². The second kappa shape index (κ2) is 5.64. The first-order valence-corrected chi connectivity index (χ1v) is 6.59. The Morgan fingerprint density at radius 1 is 1.33 bits per heavy atom. The Morgan fingerprint density at radius 2 is 1.87 bits per heavy atom. The molecule has 0 radical (unpaired) electrons. The summed E-state index contributed by atoms with van der Waals surface area (Å²) in [5.41, 5.74) is 0. The summed E-state index contributed by atoms with van der Waals surface area (Å²) in [5.74, 6) is -0.914. The fraction of sp³-hybridized carbons (Fsp3) is 0.889. The Labute approximate surface area is 90.0 Å². The van der Waals surface area contributed by atoms with Crippen LogP contribution in [0.15, 0.2) is 0 Å². The molecule has 0 saturated heterocycles. The Balaban J connectivity index is 5.15. The molecule has 0 heterocycles. The van der Waals surface area contributed by atoms with Gasteiger partial charge in [-0.25, -0.2) is 0 Å². The van der Waals surface area contributed by atoms with E-state index in [1.165, 1.54) is 6.92 Å². The molecule has 0 aromatic rings. The standard InChI is InChI=1S/C9H19O5P/c1-4-7-9(5-2,15(11,12)13)8(10)14-6-3/h4-7H2,1-3H3,(H2,11,12,13)/p-2. The zero-order chi connectivity index (χ0) is 12.1. The summed E-state index contributed by atoms with van der Waals surface area (Å²) in [5, 5.41) is -1.88. The molecule has 0 fully saturated rings. The zero-order valence-corrected chi connectivity index (χ0v) is 10.2. The molecule has 0 aromatic carbocycles. The van der Waals surface area contributed by atoms with Crippen molar-refractivity contribution in [3.8, 4) is 0 Å². The molecule has 0 amide bonds. The lowest BCUT2D eigenvalue weighted by atomic mass is 10.00. The minimum absolute atomic E-state index is 0.0204. The van der Waals surface area contributed by atoms with Crippen LogP contribution in [0.2, 0.25) is 0 Å². The molecular formula is C9H17O5P-2. The van der Waals surface area contributed by atoms with Crippen LogP contribution in [0.3, 0.4) is 0 Å². The van der Waals surface area contributed by atoms with Crippen molar-refractivity contribution in [1.29, 1.82) is 0 Å². The molecule has 0 aliphatic rings. The van der Waals surface area contributed by atoms with Gasteiger partial charge in [0.15, 0.2) is 0 Å². The predicted octanol–water partition coefficient (Wildman–Crippen LogP) is 0.412. The van der Waals surface area contributed by atoms with Crippen molar-refractivity contribution >= 4 is 13.6 Å². The number of hydrogen-bond donors (Lipinski definition) is 0. The van der Waals surface area contributed by atoms with Gasteiger partial charge < -0.3 is 19.1 Å². The summed E-state index contributed by atoms with van der Waals surface area (Å²) in [4.78, 5) is 33.9. The Bertz CT molecular complexity index is 259. The van der Waals surface area contributed by atoms with Gasteiger partial charge in [-0.1, -0.05) is 20.3 Å². The van der Waals surface area contributed by atoms with E-state index in [0.717, 1.165) is 0 Å². The van der Waals surface area contributed by atoms with Crippen molar-refractivity contribution in [2.24, 2.45) is 0 Å². The van der Waals surface area contributed by atoms with Gasteiger partial charge in [-0.15, -0.1) is 0 Å². The van der Waals surface area contributed by atoms with Crippen LogP contribution in [0.5, 0.6) is 0 Å². The highest BCUT2D eigenvalue weighted by Crippen LogP contribution is 2.49. The summed E-state index contributed by atoms with van der Waals surface area (Å²) in [7, 11) is -4.98. The highest BCUT2D eigenvalue weighted by atomic mass is 31.2. The highest BCUT2D eigenvalue weighted by Gasteiger charge is 2.40. The maximum atomic E-state index is 11.5.